The second-order valence-corrected chi connectivity index (χ2v) is 9.25. The highest BCUT2D eigenvalue weighted by atomic mass is 32.2. The van der Waals surface area contributed by atoms with Gasteiger partial charge in [0.25, 0.3) is 0 Å². The molecule has 0 N–H and O–H groups in total. The molecule has 0 bridgehead atoms. The van der Waals surface area contributed by atoms with Gasteiger partial charge >= 0.3 is 0 Å². The van der Waals surface area contributed by atoms with Crippen LogP contribution in [0.5, 0.6) is 0 Å². The van der Waals surface area contributed by atoms with Crippen molar-refractivity contribution >= 4 is 10.0 Å². The average molecular weight is 377 g/mol. The first-order valence-electron chi connectivity index (χ1n) is 8.87. The molecule has 140 valence electrons. The molecule has 1 fully saturated rings. The number of aromatic nitrogens is 2. The number of ether oxygens (including phenoxy) is 1. The molecule has 26 heavy (non-hydrogen) atoms. The van der Waals surface area contributed by atoms with Gasteiger partial charge < -0.3 is 9.15 Å². The van der Waals surface area contributed by atoms with Gasteiger partial charge in [-0.25, -0.2) is 8.42 Å². The van der Waals surface area contributed by atoms with E-state index in [-0.39, 0.29) is 12.0 Å². The van der Waals surface area contributed by atoms with Gasteiger partial charge in [0.1, 0.15) is 6.10 Å². The Morgan fingerprint density at radius 2 is 2.08 bits per heavy atom. The third kappa shape index (κ3) is 3.06. The Bertz CT molecular complexity index is 911. The Morgan fingerprint density at radius 1 is 1.27 bits per heavy atom. The molecule has 2 aromatic rings. The van der Waals surface area contributed by atoms with E-state index in [0.717, 1.165) is 19.3 Å². The minimum Gasteiger partial charge on any atom is -0.421 e. The highest BCUT2D eigenvalue weighted by molar-refractivity contribution is 7.88. The first-order valence-corrected chi connectivity index (χ1v) is 10.7. The lowest BCUT2D eigenvalue weighted by atomic mass is 9.71. The molecule has 1 aliphatic heterocycles. The molecule has 2 atom stereocenters. The summed E-state index contributed by atoms with van der Waals surface area (Å²) >= 11 is 0. The molecule has 0 radical (unpaired) electrons. The smallest absolute Gasteiger partial charge is 0.246 e. The lowest BCUT2D eigenvalue weighted by Crippen LogP contribution is -2.41. The zero-order chi connectivity index (χ0) is 18.4. The van der Waals surface area contributed by atoms with E-state index in [9.17, 15) is 8.42 Å². The Balaban J connectivity index is 1.63. The minimum atomic E-state index is -3.27. The highest BCUT2D eigenvalue weighted by Gasteiger charge is 2.39. The van der Waals surface area contributed by atoms with E-state index in [4.69, 9.17) is 9.15 Å². The molecule has 4 rings (SSSR count). The van der Waals surface area contributed by atoms with Crippen LogP contribution in [-0.2, 0) is 26.6 Å². The van der Waals surface area contributed by atoms with Crippen LogP contribution in [0.15, 0.2) is 28.7 Å². The molecule has 8 heteroatoms. The number of sulfonamides is 1. The summed E-state index contributed by atoms with van der Waals surface area (Å²) in [6, 6.07) is 8.37. The van der Waals surface area contributed by atoms with Crippen molar-refractivity contribution in [1.82, 2.24) is 14.5 Å². The summed E-state index contributed by atoms with van der Waals surface area (Å²) in [5, 5.41) is 8.49. The fourth-order valence-electron chi connectivity index (χ4n) is 3.93. The summed E-state index contributed by atoms with van der Waals surface area (Å²) in [4.78, 5) is 0. The van der Waals surface area contributed by atoms with Crippen molar-refractivity contribution in [3.05, 3.63) is 47.2 Å². The van der Waals surface area contributed by atoms with E-state index in [2.05, 4.69) is 35.3 Å². The maximum absolute atomic E-state index is 11.8. The van der Waals surface area contributed by atoms with Gasteiger partial charge in [0.2, 0.25) is 21.8 Å². The maximum atomic E-state index is 11.8. The number of morpholine rings is 1. The first-order chi connectivity index (χ1) is 12.4. The van der Waals surface area contributed by atoms with Crippen molar-refractivity contribution < 1.29 is 17.6 Å². The van der Waals surface area contributed by atoms with E-state index in [0.29, 0.717) is 24.9 Å². The largest absolute Gasteiger partial charge is 0.421 e. The summed E-state index contributed by atoms with van der Waals surface area (Å²) in [5.74, 6) is 0.914. The summed E-state index contributed by atoms with van der Waals surface area (Å²) in [5.41, 5.74) is 2.22. The van der Waals surface area contributed by atoms with Crippen LogP contribution in [0.4, 0.5) is 0 Å². The van der Waals surface area contributed by atoms with Gasteiger partial charge in [-0.05, 0) is 37.3 Å². The molecule has 0 spiro atoms. The van der Waals surface area contributed by atoms with E-state index in [1.807, 2.05) is 6.07 Å². The standard InChI is InChI=1S/C18H23N3O4S/c1-18(9-5-7-13-6-3-4-8-14(13)18)17-20-19-16(25-17)15-12-21(10-11-24-15)26(2,22)23/h3-4,6,8,15H,5,7,9-12H2,1-2H3. The number of hydrogen-bond donors (Lipinski definition) is 0. The molecule has 0 saturated carbocycles. The number of benzene rings is 1. The quantitative estimate of drug-likeness (QED) is 0.814. The molecular formula is C18H23N3O4S. The molecule has 2 aliphatic rings. The minimum absolute atomic E-state index is 0.202. The first kappa shape index (κ1) is 17.6. The molecule has 1 aromatic carbocycles. The van der Waals surface area contributed by atoms with Gasteiger partial charge in [-0.2, -0.15) is 4.31 Å². The van der Waals surface area contributed by atoms with E-state index in [1.54, 1.807) is 0 Å². The monoisotopic (exact) mass is 377 g/mol. The van der Waals surface area contributed by atoms with Gasteiger partial charge in [-0.1, -0.05) is 24.3 Å². The van der Waals surface area contributed by atoms with Crippen molar-refractivity contribution in [3.63, 3.8) is 0 Å². The summed E-state index contributed by atoms with van der Waals surface area (Å²) in [6.07, 6.45) is 3.73. The Kier molecular flexibility index (Phi) is 4.37. The fraction of sp³-hybridized carbons (Fsp3) is 0.556. The van der Waals surface area contributed by atoms with Crippen LogP contribution >= 0.6 is 0 Å². The van der Waals surface area contributed by atoms with Crippen molar-refractivity contribution in [1.29, 1.82) is 0 Å². The van der Waals surface area contributed by atoms with Crippen LogP contribution in [-0.4, -0.2) is 48.9 Å². The highest BCUT2D eigenvalue weighted by Crippen LogP contribution is 2.42. The lowest BCUT2D eigenvalue weighted by molar-refractivity contribution is -0.0180. The molecule has 0 amide bonds. The summed E-state index contributed by atoms with van der Waals surface area (Å²) in [6.45, 7) is 3.00. The van der Waals surface area contributed by atoms with Crippen molar-refractivity contribution in [3.8, 4) is 0 Å². The van der Waals surface area contributed by atoms with Crippen LogP contribution in [0.3, 0.4) is 0 Å². The summed E-state index contributed by atoms with van der Waals surface area (Å²) in [7, 11) is -3.27. The molecule has 1 aliphatic carbocycles. The van der Waals surface area contributed by atoms with Gasteiger partial charge in [0.05, 0.1) is 18.3 Å². The third-order valence-corrected chi connectivity index (χ3v) is 6.69. The normalized spacial score (nSPS) is 27.2. The zero-order valence-corrected chi connectivity index (χ0v) is 15.8. The van der Waals surface area contributed by atoms with Crippen molar-refractivity contribution in [2.24, 2.45) is 0 Å². The number of rotatable bonds is 3. The van der Waals surface area contributed by atoms with Crippen molar-refractivity contribution in [2.45, 2.75) is 37.7 Å². The number of aryl methyl sites for hydroxylation is 1. The molecule has 2 heterocycles. The van der Waals surface area contributed by atoms with Crippen LogP contribution in [0.1, 0.15) is 48.8 Å². The lowest BCUT2D eigenvalue weighted by Gasteiger charge is -2.33. The number of hydrogen-bond acceptors (Lipinski definition) is 6. The average Bonchev–Trinajstić information content (AvgIpc) is 3.13. The van der Waals surface area contributed by atoms with Gasteiger partial charge in [0.15, 0.2) is 0 Å². The topological polar surface area (TPSA) is 85.5 Å². The predicted octanol–water partition coefficient (Wildman–Crippen LogP) is 2.04. The van der Waals surface area contributed by atoms with Crippen LogP contribution in [0, 0.1) is 0 Å². The number of nitrogens with zero attached hydrogens (tertiary/aromatic N) is 3. The second kappa shape index (κ2) is 6.44. The van der Waals surface area contributed by atoms with E-state index >= 15 is 0 Å². The van der Waals surface area contributed by atoms with Gasteiger partial charge in [-0.15, -0.1) is 10.2 Å². The summed E-state index contributed by atoms with van der Waals surface area (Å²) < 4.78 is 36.7. The Labute approximate surface area is 153 Å². The fourth-order valence-corrected chi connectivity index (χ4v) is 4.74. The molecule has 1 aromatic heterocycles. The predicted molar refractivity (Wildman–Crippen MR) is 95.2 cm³/mol. The molecule has 1 saturated heterocycles. The van der Waals surface area contributed by atoms with E-state index < -0.39 is 16.1 Å². The zero-order valence-electron chi connectivity index (χ0n) is 15.0. The maximum Gasteiger partial charge on any atom is 0.246 e. The molecule has 2 unspecified atom stereocenters. The van der Waals surface area contributed by atoms with Gasteiger partial charge in [-0.3, -0.25) is 0 Å². The van der Waals surface area contributed by atoms with Crippen molar-refractivity contribution in [2.75, 3.05) is 26.0 Å². The van der Waals surface area contributed by atoms with Crippen LogP contribution < -0.4 is 0 Å². The Hall–Kier alpha value is -1.77. The number of fused-ring (bicyclic) bond motifs is 1. The third-order valence-electron chi connectivity index (χ3n) is 5.42. The second-order valence-electron chi connectivity index (χ2n) is 7.27. The SMILES string of the molecule is CC1(c2nnc(C3CN(S(C)(=O)=O)CCO3)o2)CCCc2ccccc21. The van der Waals surface area contributed by atoms with Gasteiger partial charge in [0, 0.05) is 13.1 Å². The Morgan fingerprint density at radius 3 is 2.88 bits per heavy atom. The molecular weight excluding hydrogens is 354 g/mol. The molecule has 7 nitrogen and oxygen atoms in total. The van der Waals surface area contributed by atoms with Crippen LogP contribution in [0.2, 0.25) is 0 Å². The van der Waals surface area contributed by atoms with Crippen LogP contribution in [0.25, 0.3) is 0 Å². The van der Waals surface area contributed by atoms with E-state index in [1.165, 1.54) is 21.7 Å².